The van der Waals surface area contributed by atoms with Crippen molar-refractivity contribution in [3.8, 4) is 11.5 Å². The van der Waals surface area contributed by atoms with Crippen molar-refractivity contribution in [3.05, 3.63) is 88.4 Å². The lowest BCUT2D eigenvalue weighted by atomic mass is 9.98. The first-order chi connectivity index (χ1) is 16.5. The number of para-hydroxylation sites is 1. The van der Waals surface area contributed by atoms with Crippen LogP contribution in [0.15, 0.2) is 66.7 Å². The lowest BCUT2D eigenvalue weighted by Crippen LogP contribution is -2.32. The number of nitrogens with one attached hydrogen (secondary N) is 1. The smallest absolute Gasteiger partial charge is 0.308 e. The molecular formula is C26H24ClNO6. The van der Waals surface area contributed by atoms with E-state index in [1.54, 1.807) is 31.4 Å². The maximum Gasteiger partial charge on any atom is 0.308 e. The van der Waals surface area contributed by atoms with Crippen molar-refractivity contribution >= 4 is 29.2 Å². The fraction of sp³-hybridized carbons (Fsp3) is 0.231. The lowest BCUT2D eigenvalue weighted by Gasteiger charge is -2.24. The fourth-order valence-electron chi connectivity index (χ4n) is 3.80. The zero-order valence-corrected chi connectivity index (χ0v) is 19.5. The third-order valence-corrected chi connectivity index (χ3v) is 5.69. The fourth-order valence-corrected chi connectivity index (χ4v) is 3.98. The topological polar surface area (TPSA) is 83.1 Å². The summed E-state index contributed by atoms with van der Waals surface area (Å²) < 4.78 is 22.8. The summed E-state index contributed by atoms with van der Waals surface area (Å²) >= 11 is 6.29. The second kappa shape index (κ2) is 10.6. The van der Waals surface area contributed by atoms with Gasteiger partial charge in [-0.05, 0) is 29.8 Å². The van der Waals surface area contributed by atoms with Crippen LogP contribution in [0.2, 0.25) is 5.02 Å². The monoisotopic (exact) mass is 481 g/mol. The minimum atomic E-state index is -1.08. The van der Waals surface area contributed by atoms with Gasteiger partial charge < -0.3 is 24.3 Å². The normalized spacial score (nSPS) is 17.2. The summed E-state index contributed by atoms with van der Waals surface area (Å²) in [4.78, 5) is 24.8. The van der Waals surface area contributed by atoms with Gasteiger partial charge in [-0.1, -0.05) is 54.1 Å². The largest absolute Gasteiger partial charge is 0.492 e. The zero-order valence-electron chi connectivity index (χ0n) is 18.7. The number of carbonyl (C=O) groups is 2. The SMILES string of the molecule is COC(=O)C[C@H]1O[C@H](c2cccc(OCc3ccccc3)c2OC)c2cc(Cl)ccc2NC1=O. The molecule has 8 heteroatoms. The van der Waals surface area contributed by atoms with Crippen molar-refractivity contribution in [1.82, 2.24) is 0 Å². The minimum absolute atomic E-state index is 0.243. The highest BCUT2D eigenvalue weighted by Crippen LogP contribution is 2.44. The Balaban J connectivity index is 1.74. The van der Waals surface area contributed by atoms with Crippen LogP contribution in [0, 0.1) is 0 Å². The molecule has 176 valence electrons. The van der Waals surface area contributed by atoms with Crippen LogP contribution in [0.3, 0.4) is 0 Å². The number of benzene rings is 3. The molecule has 0 saturated heterocycles. The van der Waals surface area contributed by atoms with E-state index in [1.807, 2.05) is 42.5 Å². The van der Waals surface area contributed by atoms with Gasteiger partial charge in [0.05, 0.1) is 20.6 Å². The predicted molar refractivity (Wildman–Crippen MR) is 127 cm³/mol. The van der Waals surface area contributed by atoms with Crippen molar-refractivity contribution in [2.75, 3.05) is 19.5 Å². The molecule has 1 aliphatic heterocycles. The number of halogens is 1. The number of hydrogen-bond donors (Lipinski definition) is 1. The Hall–Kier alpha value is -3.55. The van der Waals surface area contributed by atoms with Gasteiger partial charge in [0.15, 0.2) is 11.5 Å². The molecule has 0 spiro atoms. The molecule has 0 unspecified atom stereocenters. The van der Waals surface area contributed by atoms with E-state index < -0.39 is 24.1 Å². The van der Waals surface area contributed by atoms with Gasteiger partial charge in [-0.15, -0.1) is 0 Å². The second-order valence-electron chi connectivity index (χ2n) is 7.66. The molecule has 7 nitrogen and oxygen atoms in total. The number of amides is 1. The summed E-state index contributed by atoms with van der Waals surface area (Å²) in [5.74, 6) is -0.0358. The first kappa shape index (κ1) is 23.6. The van der Waals surface area contributed by atoms with Gasteiger partial charge in [-0.25, -0.2) is 0 Å². The van der Waals surface area contributed by atoms with E-state index >= 15 is 0 Å². The van der Waals surface area contributed by atoms with Gasteiger partial charge in [0.2, 0.25) is 0 Å². The predicted octanol–water partition coefficient (Wildman–Crippen LogP) is 4.92. The van der Waals surface area contributed by atoms with Crippen LogP contribution in [-0.2, 0) is 25.7 Å². The highest BCUT2D eigenvalue weighted by Gasteiger charge is 2.35. The van der Waals surface area contributed by atoms with E-state index in [4.69, 9.17) is 30.5 Å². The Bertz CT molecular complexity index is 1180. The molecule has 0 aromatic heterocycles. The molecule has 0 saturated carbocycles. The van der Waals surface area contributed by atoms with Crippen molar-refractivity contribution < 1.29 is 28.5 Å². The first-order valence-electron chi connectivity index (χ1n) is 10.7. The quantitative estimate of drug-likeness (QED) is 0.482. The minimum Gasteiger partial charge on any atom is -0.492 e. The summed E-state index contributed by atoms with van der Waals surface area (Å²) in [5, 5.41) is 3.30. The molecule has 0 bridgehead atoms. The average molecular weight is 482 g/mol. The van der Waals surface area contributed by atoms with E-state index in [-0.39, 0.29) is 6.42 Å². The number of rotatable bonds is 7. The lowest BCUT2D eigenvalue weighted by molar-refractivity contribution is -0.148. The van der Waals surface area contributed by atoms with Gasteiger partial charge in [0.25, 0.3) is 5.91 Å². The van der Waals surface area contributed by atoms with E-state index in [2.05, 4.69) is 5.32 Å². The molecule has 0 aliphatic carbocycles. The Kier molecular flexibility index (Phi) is 7.35. The Morgan fingerprint density at radius 2 is 1.82 bits per heavy atom. The average Bonchev–Trinajstić information content (AvgIpc) is 2.99. The van der Waals surface area contributed by atoms with Crippen molar-refractivity contribution in [2.24, 2.45) is 0 Å². The van der Waals surface area contributed by atoms with Gasteiger partial charge in [-0.3, -0.25) is 9.59 Å². The molecule has 1 heterocycles. The van der Waals surface area contributed by atoms with Crippen molar-refractivity contribution in [1.29, 1.82) is 0 Å². The highest BCUT2D eigenvalue weighted by molar-refractivity contribution is 6.30. The van der Waals surface area contributed by atoms with Crippen LogP contribution in [0.25, 0.3) is 0 Å². The molecule has 2 atom stereocenters. The Morgan fingerprint density at radius 3 is 2.56 bits per heavy atom. The van der Waals surface area contributed by atoms with Crippen LogP contribution in [0.5, 0.6) is 11.5 Å². The summed E-state index contributed by atoms with van der Waals surface area (Å²) in [6.07, 6.45) is -2.09. The van der Waals surface area contributed by atoms with Crippen LogP contribution < -0.4 is 14.8 Å². The number of fused-ring (bicyclic) bond motifs is 1. The van der Waals surface area contributed by atoms with E-state index in [1.165, 1.54) is 7.11 Å². The number of hydrogen-bond acceptors (Lipinski definition) is 6. The molecule has 1 N–H and O–H groups in total. The van der Waals surface area contributed by atoms with Crippen molar-refractivity contribution in [3.63, 3.8) is 0 Å². The van der Waals surface area contributed by atoms with Crippen LogP contribution in [0.1, 0.15) is 29.2 Å². The number of carbonyl (C=O) groups excluding carboxylic acids is 2. The molecular weight excluding hydrogens is 458 g/mol. The summed E-state index contributed by atoms with van der Waals surface area (Å²) in [5.41, 5.74) is 2.80. The van der Waals surface area contributed by atoms with Crippen LogP contribution >= 0.6 is 11.6 Å². The number of ether oxygens (including phenoxy) is 4. The number of anilines is 1. The van der Waals surface area contributed by atoms with Gasteiger partial charge in [-0.2, -0.15) is 0 Å². The Morgan fingerprint density at radius 1 is 1.03 bits per heavy atom. The maximum atomic E-state index is 12.8. The third kappa shape index (κ3) is 5.16. The third-order valence-electron chi connectivity index (χ3n) is 5.46. The summed E-state index contributed by atoms with van der Waals surface area (Å²) in [7, 11) is 2.80. The molecule has 3 aromatic rings. The zero-order chi connectivity index (χ0) is 24.1. The molecule has 0 fully saturated rings. The Labute approximate surface area is 202 Å². The summed E-state index contributed by atoms with van der Waals surface area (Å²) in [6, 6.07) is 20.3. The second-order valence-corrected chi connectivity index (χ2v) is 8.10. The maximum absolute atomic E-state index is 12.8. The van der Waals surface area contributed by atoms with Gasteiger partial charge in [0, 0.05) is 21.8 Å². The van der Waals surface area contributed by atoms with Crippen LogP contribution in [-0.4, -0.2) is 32.2 Å². The number of methoxy groups -OCH3 is 2. The van der Waals surface area contributed by atoms with Gasteiger partial charge in [0.1, 0.15) is 18.8 Å². The summed E-state index contributed by atoms with van der Waals surface area (Å²) in [6.45, 7) is 0.347. The first-order valence-corrected chi connectivity index (χ1v) is 11.0. The van der Waals surface area contributed by atoms with Gasteiger partial charge >= 0.3 is 5.97 Å². The molecule has 0 radical (unpaired) electrons. The molecule has 34 heavy (non-hydrogen) atoms. The standard InChI is InChI=1S/C26H24ClNO6/c1-31-23(29)14-22-26(30)28-20-12-11-17(27)13-19(20)24(34-22)18-9-6-10-21(25(18)32-2)33-15-16-7-4-3-5-8-16/h3-13,22,24H,14-15H2,1-2H3,(H,28,30)/t22-,24-/m1/s1. The highest BCUT2D eigenvalue weighted by atomic mass is 35.5. The van der Waals surface area contributed by atoms with E-state index in [9.17, 15) is 9.59 Å². The van der Waals surface area contributed by atoms with E-state index in [0.717, 1.165) is 5.56 Å². The van der Waals surface area contributed by atoms with Crippen molar-refractivity contribution in [2.45, 2.75) is 25.2 Å². The molecule has 1 aliphatic rings. The molecule has 1 amide bonds. The van der Waals surface area contributed by atoms with Crippen LogP contribution in [0.4, 0.5) is 5.69 Å². The molecule has 4 rings (SSSR count). The molecule has 3 aromatic carbocycles. The number of esters is 1. The van der Waals surface area contributed by atoms with E-state index in [0.29, 0.717) is 39.9 Å².